The Labute approximate surface area is 155 Å². The quantitative estimate of drug-likeness (QED) is 0.654. The van der Waals surface area contributed by atoms with E-state index in [9.17, 15) is 9.59 Å². The predicted octanol–water partition coefficient (Wildman–Crippen LogP) is 1.54. The van der Waals surface area contributed by atoms with E-state index in [2.05, 4.69) is 4.98 Å². The molecule has 4 rings (SSSR count). The van der Waals surface area contributed by atoms with Gasteiger partial charge in [0, 0.05) is 32.9 Å². The standard InChI is InChI=1S/C19H21N5O3/c1-4-5-12-27-14-8-6-13(7-9-14)23-10-11-24-15-16(20-18(23)24)21(2)19(26)22(3)17(15)25/h4-9H,10-12H2,1-3H3/b5-4+. The van der Waals surface area contributed by atoms with Crippen molar-refractivity contribution in [3.63, 3.8) is 0 Å². The van der Waals surface area contributed by atoms with Gasteiger partial charge >= 0.3 is 5.69 Å². The summed E-state index contributed by atoms with van der Waals surface area (Å²) in [6.07, 6.45) is 3.89. The lowest BCUT2D eigenvalue weighted by atomic mass is 10.3. The summed E-state index contributed by atoms with van der Waals surface area (Å²) in [4.78, 5) is 31.4. The molecule has 0 atom stereocenters. The number of aromatic nitrogens is 4. The molecule has 0 N–H and O–H groups in total. The number of imidazole rings is 1. The summed E-state index contributed by atoms with van der Waals surface area (Å²) < 4.78 is 10.1. The molecule has 0 unspecified atom stereocenters. The largest absolute Gasteiger partial charge is 0.490 e. The number of anilines is 2. The summed E-state index contributed by atoms with van der Waals surface area (Å²) in [5, 5.41) is 0. The molecule has 0 fully saturated rings. The molecule has 3 aromatic rings. The van der Waals surface area contributed by atoms with Gasteiger partial charge < -0.3 is 14.2 Å². The van der Waals surface area contributed by atoms with Gasteiger partial charge in [0.15, 0.2) is 11.2 Å². The summed E-state index contributed by atoms with van der Waals surface area (Å²) in [5.74, 6) is 1.46. The molecule has 140 valence electrons. The second-order valence-corrected chi connectivity index (χ2v) is 6.47. The van der Waals surface area contributed by atoms with E-state index in [1.165, 1.54) is 11.6 Å². The normalized spacial score (nSPS) is 13.7. The highest BCUT2D eigenvalue weighted by Crippen LogP contribution is 2.32. The van der Waals surface area contributed by atoms with Gasteiger partial charge in [-0.25, -0.2) is 4.79 Å². The van der Waals surface area contributed by atoms with E-state index in [0.29, 0.717) is 36.8 Å². The van der Waals surface area contributed by atoms with E-state index in [0.717, 1.165) is 16.0 Å². The fourth-order valence-electron chi connectivity index (χ4n) is 3.36. The smallest absolute Gasteiger partial charge is 0.332 e. The molecular formula is C19H21N5O3. The monoisotopic (exact) mass is 367 g/mol. The van der Waals surface area contributed by atoms with Gasteiger partial charge in [0.2, 0.25) is 5.95 Å². The number of rotatable bonds is 4. The first-order chi connectivity index (χ1) is 13.0. The van der Waals surface area contributed by atoms with Gasteiger partial charge in [0.25, 0.3) is 5.56 Å². The van der Waals surface area contributed by atoms with Crippen LogP contribution in [-0.4, -0.2) is 31.8 Å². The van der Waals surface area contributed by atoms with Crippen LogP contribution in [0.25, 0.3) is 11.2 Å². The Morgan fingerprint density at radius 3 is 2.56 bits per heavy atom. The topological polar surface area (TPSA) is 74.3 Å². The number of benzene rings is 1. The average molecular weight is 367 g/mol. The van der Waals surface area contributed by atoms with Gasteiger partial charge in [-0.3, -0.25) is 13.9 Å². The van der Waals surface area contributed by atoms with Crippen LogP contribution in [0.3, 0.4) is 0 Å². The summed E-state index contributed by atoms with van der Waals surface area (Å²) in [7, 11) is 3.12. The van der Waals surface area contributed by atoms with E-state index in [1.807, 2.05) is 52.8 Å². The van der Waals surface area contributed by atoms with Gasteiger partial charge in [-0.15, -0.1) is 0 Å². The van der Waals surface area contributed by atoms with Crippen LogP contribution in [-0.2, 0) is 20.6 Å². The number of aryl methyl sites for hydroxylation is 1. The van der Waals surface area contributed by atoms with Gasteiger partial charge in [0.05, 0.1) is 0 Å². The summed E-state index contributed by atoms with van der Waals surface area (Å²) >= 11 is 0. The molecule has 0 radical (unpaired) electrons. The Balaban J connectivity index is 1.74. The third-order valence-corrected chi connectivity index (χ3v) is 4.85. The lowest BCUT2D eigenvalue weighted by molar-refractivity contribution is 0.363. The number of nitrogens with zero attached hydrogens (tertiary/aromatic N) is 5. The molecule has 1 aromatic carbocycles. The third kappa shape index (κ3) is 2.64. The maximum atomic E-state index is 12.6. The van der Waals surface area contributed by atoms with E-state index in [1.54, 1.807) is 7.05 Å². The van der Waals surface area contributed by atoms with Crippen molar-refractivity contribution in [1.29, 1.82) is 0 Å². The fraction of sp³-hybridized carbons (Fsp3) is 0.316. The minimum absolute atomic E-state index is 0.318. The first-order valence-electron chi connectivity index (χ1n) is 8.80. The molecule has 3 heterocycles. The van der Waals surface area contributed by atoms with Crippen molar-refractivity contribution < 1.29 is 4.74 Å². The van der Waals surface area contributed by atoms with Gasteiger partial charge in [0.1, 0.15) is 12.4 Å². The maximum Gasteiger partial charge on any atom is 0.332 e. The number of fused-ring (bicyclic) bond motifs is 3. The lowest BCUT2D eigenvalue weighted by Crippen LogP contribution is -2.37. The Morgan fingerprint density at radius 1 is 1.11 bits per heavy atom. The number of allylic oxidation sites excluding steroid dienone is 1. The van der Waals surface area contributed by atoms with Gasteiger partial charge in [-0.1, -0.05) is 12.2 Å². The van der Waals surface area contributed by atoms with Crippen molar-refractivity contribution in [2.24, 2.45) is 14.1 Å². The molecule has 0 amide bonds. The minimum Gasteiger partial charge on any atom is -0.490 e. The van der Waals surface area contributed by atoms with E-state index in [4.69, 9.17) is 4.74 Å². The average Bonchev–Trinajstić information content (AvgIpc) is 3.25. The van der Waals surface area contributed by atoms with Gasteiger partial charge in [-0.05, 0) is 31.2 Å². The van der Waals surface area contributed by atoms with E-state index < -0.39 is 0 Å². The molecular weight excluding hydrogens is 346 g/mol. The van der Waals surface area contributed by atoms with E-state index in [-0.39, 0.29) is 11.2 Å². The Kier molecular flexibility index (Phi) is 4.10. The SMILES string of the molecule is C/C=C/COc1ccc(N2CCn3c2nc2c3c(=O)n(C)c(=O)n2C)cc1. The molecule has 0 spiro atoms. The van der Waals surface area contributed by atoms with Crippen LogP contribution in [0.1, 0.15) is 6.92 Å². The minimum atomic E-state index is -0.376. The Morgan fingerprint density at radius 2 is 1.85 bits per heavy atom. The molecule has 8 nitrogen and oxygen atoms in total. The highest BCUT2D eigenvalue weighted by atomic mass is 16.5. The van der Waals surface area contributed by atoms with Crippen LogP contribution in [0.4, 0.5) is 11.6 Å². The molecule has 1 aliphatic rings. The number of hydrogen-bond acceptors (Lipinski definition) is 5. The van der Waals surface area contributed by atoms with Crippen molar-refractivity contribution in [3.05, 3.63) is 57.3 Å². The summed E-state index contributed by atoms with van der Waals surface area (Å²) in [6.45, 7) is 3.84. The summed E-state index contributed by atoms with van der Waals surface area (Å²) in [5.41, 5.74) is 1.14. The zero-order chi connectivity index (χ0) is 19.1. The molecule has 0 saturated heterocycles. The van der Waals surface area contributed by atoms with Crippen LogP contribution in [0, 0.1) is 0 Å². The lowest BCUT2D eigenvalue weighted by Gasteiger charge is -2.16. The first-order valence-corrected chi connectivity index (χ1v) is 8.80. The van der Waals surface area contributed by atoms with Crippen molar-refractivity contribution in [3.8, 4) is 5.75 Å². The van der Waals surface area contributed by atoms with Crippen molar-refractivity contribution in [2.75, 3.05) is 18.1 Å². The zero-order valence-corrected chi connectivity index (χ0v) is 15.5. The predicted molar refractivity (Wildman–Crippen MR) is 104 cm³/mol. The first kappa shape index (κ1) is 17.1. The molecule has 0 bridgehead atoms. The van der Waals surface area contributed by atoms with Gasteiger partial charge in [-0.2, -0.15) is 4.98 Å². The zero-order valence-electron chi connectivity index (χ0n) is 15.5. The second kappa shape index (κ2) is 6.46. The third-order valence-electron chi connectivity index (χ3n) is 4.85. The number of hydrogen-bond donors (Lipinski definition) is 0. The molecule has 0 aliphatic carbocycles. The Hall–Kier alpha value is -3.29. The fourth-order valence-corrected chi connectivity index (χ4v) is 3.36. The maximum absolute atomic E-state index is 12.6. The summed E-state index contributed by atoms with van der Waals surface area (Å²) in [6, 6.07) is 7.77. The van der Waals surface area contributed by atoms with Crippen LogP contribution < -0.4 is 20.9 Å². The second-order valence-electron chi connectivity index (χ2n) is 6.47. The molecule has 0 saturated carbocycles. The van der Waals surface area contributed by atoms with Crippen molar-refractivity contribution in [1.82, 2.24) is 18.7 Å². The number of ether oxygens (including phenoxy) is 1. The van der Waals surface area contributed by atoms with Crippen LogP contribution in [0.2, 0.25) is 0 Å². The molecule has 8 heteroatoms. The van der Waals surface area contributed by atoms with E-state index >= 15 is 0 Å². The van der Waals surface area contributed by atoms with Crippen LogP contribution in [0.15, 0.2) is 46.0 Å². The molecule has 27 heavy (non-hydrogen) atoms. The molecule has 1 aliphatic heterocycles. The molecule has 2 aromatic heterocycles. The highest BCUT2D eigenvalue weighted by molar-refractivity contribution is 5.77. The Bertz CT molecular complexity index is 1150. The van der Waals surface area contributed by atoms with Crippen molar-refractivity contribution >= 4 is 22.8 Å². The van der Waals surface area contributed by atoms with Crippen LogP contribution in [0.5, 0.6) is 5.75 Å². The highest BCUT2D eigenvalue weighted by Gasteiger charge is 2.28. The van der Waals surface area contributed by atoms with Crippen molar-refractivity contribution in [2.45, 2.75) is 13.5 Å². The van der Waals surface area contributed by atoms with Crippen LogP contribution >= 0.6 is 0 Å².